The largest absolute Gasteiger partial charge is 0.435 e. The van der Waals surface area contributed by atoms with Gasteiger partial charge in [-0.25, -0.2) is 0 Å². The molecule has 2 aliphatic heterocycles. The predicted octanol–water partition coefficient (Wildman–Crippen LogP) is 1.46. The second-order valence-electron chi connectivity index (χ2n) is 5.73. The number of hydrogen-bond acceptors (Lipinski definition) is 5. The van der Waals surface area contributed by atoms with Gasteiger partial charge >= 0.3 is 11.9 Å². The van der Waals surface area contributed by atoms with Crippen LogP contribution in [0, 0.1) is 17.3 Å². The molecule has 0 aliphatic carbocycles. The Labute approximate surface area is 100 Å². The molecule has 5 heteroatoms. The summed E-state index contributed by atoms with van der Waals surface area (Å²) in [6.45, 7) is 7.48. The minimum atomic E-state index is -0.615. The summed E-state index contributed by atoms with van der Waals surface area (Å²) in [5, 5.41) is 0. The van der Waals surface area contributed by atoms with Gasteiger partial charge in [0.05, 0.1) is 6.42 Å². The van der Waals surface area contributed by atoms with Crippen molar-refractivity contribution < 1.29 is 23.8 Å². The van der Waals surface area contributed by atoms with Gasteiger partial charge in [0, 0.05) is 18.8 Å². The van der Waals surface area contributed by atoms with E-state index < -0.39 is 12.6 Å². The molecule has 2 aliphatic rings. The first-order chi connectivity index (χ1) is 7.79. The molecule has 96 valence electrons. The average Bonchev–Trinajstić information content (AvgIpc) is 2.55. The minimum Gasteiger partial charge on any atom is -0.435 e. The molecule has 0 aromatic heterocycles. The third-order valence-corrected chi connectivity index (χ3v) is 3.30. The summed E-state index contributed by atoms with van der Waals surface area (Å²) in [5.74, 6) is -0.666. The van der Waals surface area contributed by atoms with Crippen molar-refractivity contribution in [2.24, 2.45) is 17.3 Å². The standard InChI is InChI=1S/C12H18O5/c1-6(13)15-11-9(12(2,3)4)7-5-8(14)16-10(7)17-11/h7,9-11H,5H2,1-4H3/t7-,9+,10+,11-/m1/s1. The molecule has 2 saturated heterocycles. The number of ether oxygens (including phenoxy) is 3. The van der Waals surface area contributed by atoms with E-state index in [1.165, 1.54) is 6.92 Å². The van der Waals surface area contributed by atoms with Gasteiger partial charge in [-0.05, 0) is 5.41 Å². The molecule has 17 heavy (non-hydrogen) atoms. The zero-order valence-electron chi connectivity index (χ0n) is 10.6. The first-order valence-electron chi connectivity index (χ1n) is 5.81. The van der Waals surface area contributed by atoms with Crippen LogP contribution in [0.3, 0.4) is 0 Å². The zero-order valence-corrected chi connectivity index (χ0v) is 10.6. The van der Waals surface area contributed by atoms with Crippen LogP contribution in [0.2, 0.25) is 0 Å². The van der Waals surface area contributed by atoms with E-state index in [1.54, 1.807) is 0 Å². The van der Waals surface area contributed by atoms with Crippen molar-refractivity contribution in [3.05, 3.63) is 0 Å². The number of esters is 2. The lowest BCUT2D eigenvalue weighted by Gasteiger charge is -2.32. The van der Waals surface area contributed by atoms with Crippen LogP contribution in [0.5, 0.6) is 0 Å². The summed E-state index contributed by atoms with van der Waals surface area (Å²) < 4.78 is 15.8. The van der Waals surface area contributed by atoms with Gasteiger partial charge in [0.25, 0.3) is 0 Å². The van der Waals surface area contributed by atoms with Gasteiger partial charge in [0.2, 0.25) is 12.6 Å². The Morgan fingerprint density at radius 2 is 2.06 bits per heavy atom. The maximum Gasteiger partial charge on any atom is 0.308 e. The molecule has 0 aromatic carbocycles. The quantitative estimate of drug-likeness (QED) is 0.651. The smallest absolute Gasteiger partial charge is 0.308 e. The summed E-state index contributed by atoms with van der Waals surface area (Å²) in [6.07, 6.45) is -0.837. The van der Waals surface area contributed by atoms with Crippen molar-refractivity contribution in [2.45, 2.75) is 46.7 Å². The summed E-state index contributed by atoms with van der Waals surface area (Å²) in [7, 11) is 0. The Balaban J connectivity index is 2.20. The van der Waals surface area contributed by atoms with E-state index in [-0.39, 0.29) is 29.2 Å². The van der Waals surface area contributed by atoms with Gasteiger partial charge in [-0.1, -0.05) is 20.8 Å². The number of fused-ring (bicyclic) bond motifs is 1. The first kappa shape index (κ1) is 12.4. The molecule has 4 atom stereocenters. The van der Waals surface area contributed by atoms with E-state index in [1.807, 2.05) is 20.8 Å². The topological polar surface area (TPSA) is 61.8 Å². The highest BCUT2D eigenvalue weighted by atomic mass is 16.8. The van der Waals surface area contributed by atoms with Crippen LogP contribution in [0.25, 0.3) is 0 Å². The average molecular weight is 242 g/mol. The highest BCUT2D eigenvalue weighted by molar-refractivity contribution is 5.72. The SMILES string of the molecule is CC(=O)O[C@@H]1O[C@@H]2OC(=O)C[C@@H]2[C@@H]1C(C)(C)C. The molecule has 5 nitrogen and oxygen atoms in total. The van der Waals surface area contributed by atoms with Crippen LogP contribution in [-0.2, 0) is 23.8 Å². The zero-order chi connectivity index (χ0) is 12.8. The van der Waals surface area contributed by atoms with Crippen molar-refractivity contribution in [3.8, 4) is 0 Å². The fraction of sp³-hybridized carbons (Fsp3) is 0.833. The summed E-state index contributed by atoms with van der Waals surface area (Å²) in [6, 6.07) is 0. The molecule has 0 bridgehead atoms. The van der Waals surface area contributed by atoms with Crippen LogP contribution in [0.1, 0.15) is 34.1 Å². The maximum atomic E-state index is 11.2. The van der Waals surface area contributed by atoms with Crippen molar-refractivity contribution in [1.29, 1.82) is 0 Å². The summed E-state index contributed by atoms with van der Waals surface area (Å²) in [4.78, 5) is 22.3. The minimum absolute atomic E-state index is 0.0214. The Bertz CT molecular complexity index is 343. The van der Waals surface area contributed by atoms with Crippen LogP contribution >= 0.6 is 0 Å². The van der Waals surface area contributed by atoms with Crippen molar-refractivity contribution in [2.75, 3.05) is 0 Å². The van der Waals surface area contributed by atoms with Crippen LogP contribution < -0.4 is 0 Å². The number of rotatable bonds is 1. The van der Waals surface area contributed by atoms with E-state index in [0.717, 1.165) is 0 Å². The second-order valence-corrected chi connectivity index (χ2v) is 5.73. The Morgan fingerprint density at radius 3 is 2.59 bits per heavy atom. The molecule has 0 amide bonds. The normalized spacial score (nSPS) is 36.6. The van der Waals surface area contributed by atoms with Gasteiger partial charge in [0.15, 0.2) is 0 Å². The molecule has 0 aromatic rings. The fourth-order valence-corrected chi connectivity index (χ4v) is 2.71. The third-order valence-electron chi connectivity index (χ3n) is 3.30. The number of hydrogen-bond donors (Lipinski definition) is 0. The second kappa shape index (κ2) is 3.98. The van der Waals surface area contributed by atoms with Crippen molar-refractivity contribution in [3.63, 3.8) is 0 Å². The highest BCUT2D eigenvalue weighted by Gasteiger charge is 2.56. The van der Waals surface area contributed by atoms with Crippen LogP contribution in [-0.4, -0.2) is 24.5 Å². The molecule has 2 heterocycles. The highest BCUT2D eigenvalue weighted by Crippen LogP contribution is 2.48. The molecular weight excluding hydrogens is 224 g/mol. The van der Waals surface area contributed by atoms with Gasteiger partial charge < -0.3 is 14.2 Å². The molecule has 0 spiro atoms. The van der Waals surface area contributed by atoms with Gasteiger partial charge in [0.1, 0.15) is 0 Å². The first-order valence-corrected chi connectivity index (χ1v) is 5.81. The molecule has 0 unspecified atom stereocenters. The van der Waals surface area contributed by atoms with Gasteiger partial charge in [-0.15, -0.1) is 0 Å². The van der Waals surface area contributed by atoms with Crippen molar-refractivity contribution >= 4 is 11.9 Å². The monoisotopic (exact) mass is 242 g/mol. The van der Waals surface area contributed by atoms with E-state index >= 15 is 0 Å². The fourth-order valence-electron chi connectivity index (χ4n) is 2.71. The lowest BCUT2D eigenvalue weighted by Crippen LogP contribution is -2.35. The summed E-state index contributed by atoms with van der Waals surface area (Å²) in [5.41, 5.74) is -0.118. The molecule has 0 saturated carbocycles. The maximum absolute atomic E-state index is 11.2. The van der Waals surface area contributed by atoms with E-state index in [9.17, 15) is 9.59 Å². The van der Waals surface area contributed by atoms with Crippen LogP contribution in [0.15, 0.2) is 0 Å². The molecule has 0 N–H and O–H groups in total. The van der Waals surface area contributed by atoms with E-state index in [4.69, 9.17) is 14.2 Å². The molecular formula is C12H18O5. The predicted molar refractivity (Wildman–Crippen MR) is 57.6 cm³/mol. The van der Waals surface area contributed by atoms with E-state index in [2.05, 4.69) is 0 Å². The van der Waals surface area contributed by atoms with Gasteiger partial charge in [-0.3, -0.25) is 9.59 Å². The third kappa shape index (κ3) is 2.29. The molecule has 2 rings (SSSR count). The van der Waals surface area contributed by atoms with Crippen molar-refractivity contribution in [1.82, 2.24) is 0 Å². The molecule has 2 fully saturated rings. The number of carbonyl (C=O) groups is 2. The van der Waals surface area contributed by atoms with Gasteiger partial charge in [-0.2, -0.15) is 0 Å². The number of carbonyl (C=O) groups excluding carboxylic acids is 2. The summed E-state index contributed by atoms with van der Waals surface area (Å²) >= 11 is 0. The lowest BCUT2D eigenvalue weighted by molar-refractivity contribution is -0.212. The Hall–Kier alpha value is -1.10. The van der Waals surface area contributed by atoms with Crippen LogP contribution in [0.4, 0.5) is 0 Å². The Kier molecular flexibility index (Phi) is 2.89. The van der Waals surface area contributed by atoms with E-state index in [0.29, 0.717) is 6.42 Å². The molecule has 0 radical (unpaired) electrons. The Morgan fingerprint density at radius 1 is 1.41 bits per heavy atom. The lowest BCUT2D eigenvalue weighted by atomic mass is 9.73.